The van der Waals surface area contributed by atoms with E-state index in [1.807, 2.05) is 51.1 Å². The zero-order chi connectivity index (χ0) is 30.5. The minimum Gasteiger partial charge on any atom is -0.489 e. The number of sulfonamides is 1. The third kappa shape index (κ3) is 8.34. The van der Waals surface area contributed by atoms with Crippen LogP contribution in [0.2, 0.25) is 0 Å². The molecule has 2 aromatic carbocycles. The quantitative estimate of drug-likeness (QED) is 0.236. The lowest BCUT2D eigenvalue weighted by Gasteiger charge is -2.42. The van der Waals surface area contributed by atoms with Gasteiger partial charge in [-0.05, 0) is 43.5 Å². The topological polar surface area (TPSA) is 72.0 Å². The molecule has 228 valence electrons. The third-order valence-corrected chi connectivity index (χ3v) is 8.73. The fourth-order valence-electron chi connectivity index (χ4n) is 4.88. The van der Waals surface area contributed by atoms with Gasteiger partial charge in [-0.25, -0.2) is 12.8 Å². The van der Waals surface area contributed by atoms with Gasteiger partial charge in [0.15, 0.2) is 0 Å². The number of piperazine rings is 1. The Hall–Kier alpha value is -3.38. The monoisotopic (exact) mass is 609 g/mol. The number of anilines is 1. The predicted molar refractivity (Wildman–Crippen MR) is 152 cm³/mol. The van der Waals surface area contributed by atoms with Crippen LogP contribution in [-0.2, 0) is 22.4 Å². The van der Waals surface area contributed by atoms with Gasteiger partial charge in [-0.1, -0.05) is 55.8 Å². The van der Waals surface area contributed by atoms with Gasteiger partial charge in [-0.15, -0.1) is 0 Å². The number of rotatable bonds is 11. The SMILES string of the molecule is CCCC(C)(C)Oc1cc(OCc2ccccc2)cc(N2CCN(S(=O)(=O)Cc3ccc(F)cc3)CC2C(F)(F)F)n1. The Bertz CT molecular complexity index is 1440. The lowest BCUT2D eigenvalue weighted by Crippen LogP contribution is -2.60. The van der Waals surface area contributed by atoms with E-state index < -0.39 is 46.0 Å². The molecule has 1 atom stereocenters. The molecule has 3 aromatic rings. The summed E-state index contributed by atoms with van der Waals surface area (Å²) in [6.07, 6.45) is -3.25. The number of pyridine rings is 1. The fourth-order valence-corrected chi connectivity index (χ4v) is 6.40. The van der Waals surface area contributed by atoms with Crippen LogP contribution in [0.5, 0.6) is 11.6 Å². The van der Waals surface area contributed by atoms with Crippen molar-refractivity contribution in [3.05, 3.63) is 83.7 Å². The minimum absolute atomic E-state index is 0.0271. The van der Waals surface area contributed by atoms with Gasteiger partial charge < -0.3 is 14.4 Å². The van der Waals surface area contributed by atoms with E-state index >= 15 is 0 Å². The van der Waals surface area contributed by atoms with Crippen LogP contribution in [0.15, 0.2) is 66.7 Å². The smallest absolute Gasteiger partial charge is 0.410 e. The number of nitrogens with zero attached hydrogens (tertiary/aromatic N) is 3. The van der Waals surface area contributed by atoms with Crippen LogP contribution in [0, 0.1) is 5.82 Å². The predicted octanol–water partition coefficient (Wildman–Crippen LogP) is 6.34. The van der Waals surface area contributed by atoms with Crippen molar-refractivity contribution in [1.82, 2.24) is 9.29 Å². The lowest BCUT2D eigenvalue weighted by molar-refractivity contribution is -0.153. The summed E-state index contributed by atoms with van der Waals surface area (Å²) in [6, 6.07) is 15.0. The first-order valence-electron chi connectivity index (χ1n) is 13.7. The number of halogens is 4. The van der Waals surface area contributed by atoms with Crippen molar-refractivity contribution in [2.45, 2.75) is 63.8 Å². The van der Waals surface area contributed by atoms with E-state index in [1.54, 1.807) is 6.07 Å². The Morgan fingerprint density at radius 3 is 2.31 bits per heavy atom. The van der Waals surface area contributed by atoms with Crippen LogP contribution in [0.1, 0.15) is 44.7 Å². The van der Waals surface area contributed by atoms with Crippen molar-refractivity contribution in [3.63, 3.8) is 0 Å². The Morgan fingerprint density at radius 1 is 0.976 bits per heavy atom. The van der Waals surface area contributed by atoms with Gasteiger partial charge in [-0.3, -0.25) is 0 Å². The molecule has 1 aromatic heterocycles. The minimum atomic E-state index is -4.77. The second kappa shape index (κ2) is 12.9. The summed E-state index contributed by atoms with van der Waals surface area (Å²) in [5.74, 6) is -0.713. The van der Waals surface area contributed by atoms with Gasteiger partial charge in [0.05, 0.1) is 5.75 Å². The number of ether oxygens (including phenoxy) is 2. The average molecular weight is 610 g/mol. The van der Waals surface area contributed by atoms with Crippen molar-refractivity contribution in [1.29, 1.82) is 0 Å². The van der Waals surface area contributed by atoms with Gasteiger partial charge in [0.25, 0.3) is 0 Å². The second-order valence-electron chi connectivity index (χ2n) is 10.9. The molecule has 42 heavy (non-hydrogen) atoms. The van der Waals surface area contributed by atoms with Gasteiger partial charge in [-0.2, -0.15) is 22.5 Å². The highest BCUT2D eigenvalue weighted by Gasteiger charge is 2.49. The van der Waals surface area contributed by atoms with Crippen molar-refractivity contribution in [2.24, 2.45) is 0 Å². The Balaban J connectivity index is 1.62. The van der Waals surface area contributed by atoms with E-state index in [4.69, 9.17) is 9.47 Å². The first-order valence-corrected chi connectivity index (χ1v) is 15.3. The lowest BCUT2D eigenvalue weighted by atomic mass is 10.0. The summed E-state index contributed by atoms with van der Waals surface area (Å²) in [5.41, 5.74) is 0.523. The molecular weight excluding hydrogens is 574 g/mol. The molecule has 0 bridgehead atoms. The summed E-state index contributed by atoms with van der Waals surface area (Å²) in [6.45, 7) is 4.66. The number of hydrogen-bond acceptors (Lipinski definition) is 6. The molecule has 12 heteroatoms. The van der Waals surface area contributed by atoms with Crippen LogP contribution in [-0.4, -0.2) is 55.2 Å². The van der Waals surface area contributed by atoms with Crippen LogP contribution >= 0.6 is 0 Å². The second-order valence-corrected chi connectivity index (χ2v) is 12.8. The van der Waals surface area contributed by atoms with E-state index in [-0.39, 0.29) is 42.7 Å². The molecule has 1 fully saturated rings. The number of alkyl halides is 3. The van der Waals surface area contributed by atoms with Crippen LogP contribution in [0.25, 0.3) is 0 Å². The molecule has 1 unspecified atom stereocenters. The molecule has 0 amide bonds. The first-order chi connectivity index (χ1) is 19.8. The highest BCUT2D eigenvalue weighted by molar-refractivity contribution is 7.88. The van der Waals surface area contributed by atoms with Crippen LogP contribution < -0.4 is 14.4 Å². The van der Waals surface area contributed by atoms with Crippen molar-refractivity contribution < 1.29 is 35.5 Å². The molecule has 1 aliphatic heterocycles. The highest BCUT2D eigenvalue weighted by Crippen LogP contribution is 2.36. The maximum atomic E-state index is 14.5. The van der Waals surface area contributed by atoms with Gasteiger partial charge >= 0.3 is 6.18 Å². The normalized spacial score (nSPS) is 16.8. The highest BCUT2D eigenvalue weighted by atomic mass is 32.2. The first kappa shape index (κ1) is 31.6. The van der Waals surface area contributed by atoms with E-state index in [0.29, 0.717) is 6.42 Å². The fraction of sp³-hybridized carbons (Fsp3) is 0.433. The van der Waals surface area contributed by atoms with E-state index in [0.717, 1.165) is 33.3 Å². The largest absolute Gasteiger partial charge is 0.489 e. The maximum Gasteiger partial charge on any atom is 0.410 e. The molecule has 7 nitrogen and oxygen atoms in total. The molecule has 4 rings (SSSR count). The standard InChI is InChI=1S/C30H35F4N3O4S/c1-4-14-29(2,3)41-28-18-25(40-20-22-8-6-5-7-9-22)17-27(35-28)37-16-15-36(19-26(37)30(32,33)34)42(38,39)21-23-10-12-24(31)13-11-23/h5-13,17-18,26H,4,14-16,19-21H2,1-3H3. The number of hydrogen-bond donors (Lipinski definition) is 0. The molecular formula is C30H35F4N3O4S. The van der Waals surface area contributed by atoms with Gasteiger partial charge in [0.2, 0.25) is 15.9 Å². The molecule has 0 aliphatic carbocycles. The zero-order valence-electron chi connectivity index (χ0n) is 23.8. The zero-order valence-corrected chi connectivity index (χ0v) is 24.6. The van der Waals surface area contributed by atoms with E-state index in [2.05, 4.69) is 4.98 Å². The van der Waals surface area contributed by atoms with Crippen LogP contribution in [0.3, 0.4) is 0 Å². The molecule has 1 aliphatic rings. The Morgan fingerprint density at radius 2 is 1.67 bits per heavy atom. The summed E-state index contributed by atoms with van der Waals surface area (Å²) in [4.78, 5) is 5.48. The van der Waals surface area contributed by atoms with Gasteiger partial charge in [0.1, 0.15) is 35.6 Å². The van der Waals surface area contributed by atoms with E-state index in [1.165, 1.54) is 18.2 Å². The summed E-state index contributed by atoms with van der Waals surface area (Å²) in [7, 11) is -4.12. The van der Waals surface area contributed by atoms with Crippen molar-refractivity contribution in [2.75, 3.05) is 24.5 Å². The molecule has 0 spiro atoms. The summed E-state index contributed by atoms with van der Waals surface area (Å²) < 4.78 is 95.7. The Labute approximate surface area is 244 Å². The third-order valence-electron chi connectivity index (χ3n) is 6.91. The summed E-state index contributed by atoms with van der Waals surface area (Å²) in [5, 5.41) is 0. The van der Waals surface area contributed by atoms with E-state index in [9.17, 15) is 26.0 Å². The molecule has 0 N–H and O–H groups in total. The van der Waals surface area contributed by atoms with Gasteiger partial charge in [0, 0.05) is 31.8 Å². The summed E-state index contributed by atoms with van der Waals surface area (Å²) >= 11 is 0. The molecule has 1 saturated heterocycles. The maximum absolute atomic E-state index is 14.5. The van der Waals surface area contributed by atoms with Crippen molar-refractivity contribution >= 4 is 15.8 Å². The number of aromatic nitrogens is 1. The molecule has 0 saturated carbocycles. The van der Waals surface area contributed by atoms with Crippen molar-refractivity contribution in [3.8, 4) is 11.6 Å². The molecule has 0 radical (unpaired) electrons. The number of benzene rings is 2. The average Bonchev–Trinajstić information content (AvgIpc) is 2.92. The molecule has 2 heterocycles. The Kier molecular flexibility index (Phi) is 9.67. The van der Waals surface area contributed by atoms with Crippen LogP contribution in [0.4, 0.5) is 23.4 Å².